The maximum Gasteiger partial charge on any atom is 0.271 e. The molecule has 19 heavy (non-hydrogen) atoms. The minimum absolute atomic E-state index is 0.0108. The van der Waals surface area contributed by atoms with E-state index >= 15 is 0 Å². The minimum atomic E-state index is -0.418. The van der Waals surface area contributed by atoms with Gasteiger partial charge in [-0.1, -0.05) is 23.7 Å². The van der Waals surface area contributed by atoms with Crippen molar-refractivity contribution in [3.05, 3.63) is 51.5 Å². The predicted molar refractivity (Wildman–Crippen MR) is 75.4 cm³/mol. The van der Waals surface area contributed by atoms with Crippen LogP contribution in [-0.2, 0) is 0 Å². The second kappa shape index (κ2) is 5.11. The fraction of sp³-hybridized carbons (Fsp3) is 0.0833. The van der Waals surface area contributed by atoms with E-state index in [2.05, 4.69) is 9.97 Å². The maximum atomic E-state index is 11.5. The lowest BCUT2D eigenvalue weighted by atomic mass is 10.1. The van der Waals surface area contributed by atoms with Crippen LogP contribution in [0.4, 0.5) is 11.5 Å². The number of anilines is 2. The number of benzene rings is 1. The number of rotatable bonds is 3. The van der Waals surface area contributed by atoms with Crippen molar-refractivity contribution in [2.75, 3.05) is 11.9 Å². The maximum absolute atomic E-state index is 11.5. The number of aromatic amines is 1. The van der Waals surface area contributed by atoms with E-state index in [1.54, 1.807) is 36.2 Å². The largest absolute Gasteiger partial charge is 0.384 e. The van der Waals surface area contributed by atoms with Crippen LogP contribution in [0, 0.1) is 5.41 Å². The van der Waals surface area contributed by atoms with Gasteiger partial charge in [0.2, 0.25) is 0 Å². The molecular weight excluding hydrogens is 266 g/mol. The van der Waals surface area contributed by atoms with Gasteiger partial charge >= 0.3 is 0 Å². The highest BCUT2D eigenvalue weighted by molar-refractivity contribution is 6.32. The second-order valence-corrected chi connectivity index (χ2v) is 4.24. The molecule has 6 nitrogen and oxygen atoms in total. The first kappa shape index (κ1) is 13.1. The number of para-hydroxylation sites is 1. The van der Waals surface area contributed by atoms with Crippen LogP contribution >= 0.6 is 11.6 Å². The normalized spacial score (nSPS) is 10.2. The van der Waals surface area contributed by atoms with Gasteiger partial charge in [-0.05, 0) is 12.1 Å². The SMILES string of the molecule is CN(c1ccccc1C(=N)N)c1nc[nH]c(=O)c1Cl. The smallest absolute Gasteiger partial charge is 0.271 e. The van der Waals surface area contributed by atoms with E-state index in [1.165, 1.54) is 6.33 Å². The number of nitrogens with zero attached hydrogens (tertiary/aromatic N) is 2. The summed E-state index contributed by atoms with van der Waals surface area (Å²) in [7, 11) is 1.70. The van der Waals surface area contributed by atoms with E-state index in [9.17, 15) is 4.79 Å². The summed E-state index contributed by atoms with van der Waals surface area (Å²) in [5, 5.41) is 7.55. The van der Waals surface area contributed by atoms with Crippen LogP contribution in [0.2, 0.25) is 5.02 Å². The Bertz CT molecular complexity index is 682. The van der Waals surface area contributed by atoms with Gasteiger partial charge in [-0.25, -0.2) is 4.98 Å². The molecule has 98 valence electrons. The third-order valence-corrected chi connectivity index (χ3v) is 2.99. The topological polar surface area (TPSA) is 98.9 Å². The van der Waals surface area contributed by atoms with Crippen LogP contribution in [0.3, 0.4) is 0 Å². The zero-order valence-corrected chi connectivity index (χ0v) is 10.9. The zero-order valence-electron chi connectivity index (χ0n) is 10.1. The Morgan fingerprint density at radius 3 is 2.84 bits per heavy atom. The van der Waals surface area contributed by atoms with Crippen molar-refractivity contribution in [2.24, 2.45) is 5.73 Å². The zero-order chi connectivity index (χ0) is 14.0. The minimum Gasteiger partial charge on any atom is -0.384 e. The first-order valence-corrected chi connectivity index (χ1v) is 5.80. The summed E-state index contributed by atoms with van der Waals surface area (Å²) < 4.78 is 0. The lowest BCUT2D eigenvalue weighted by molar-refractivity contribution is 1.05. The monoisotopic (exact) mass is 277 g/mol. The number of hydrogen-bond donors (Lipinski definition) is 3. The number of nitrogen functional groups attached to an aromatic ring is 1. The Hall–Kier alpha value is -2.34. The first-order valence-electron chi connectivity index (χ1n) is 5.42. The summed E-state index contributed by atoms with van der Waals surface area (Å²) in [4.78, 5) is 19.5. The molecule has 0 saturated heterocycles. The molecular formula is C12H12ClN5O. The van der Waals surface area contributed by atoms with Crippen LogP contribution < -0.4 is 16.2 Å². The average molecular weight is 278 g/mol. The van der Waals surface area contributed by atoms with E-state index in [-0.39, 0.29) is 10.9 Å². The van der Waals surface area contributed by atoms with Crippen molar-refractivity contribution in [1.29, 1.82) is 5.41 Å². The van der Waals surface area contributed by atoms with Crippen LogP contribution in [0.15, 0.2) is 35.4 Å². The van der Waals surface area contributed by atoms with E-state index in [1.807, 2.05) is 0 Å². The lowest BCUT2D eigenvalue weighted by Crippen LogP contribution is -2.21. The number of hydrogen-bond acceptors (Lipinski definition) is 4. The van der Waals surface area contributed by atoms with Gasteiger partial charge in [0, 0.05) is 12.6 Å². The van der Waals surface area contributed by atoms with E-state index in [4.69, 9.17) is 22.7 Å². The Labute approximate surface area is 114 Å². The number of halogens is 1. The molecule has 0 radical (unpaired) electrons. The number of nitrogens with one attached hydrogen (secondary N) is 2. The highest BCUT2D eigenvalue weighted by Gasteiger charge is 2.15. The molecule has 0 saturated carbocycles. The Morgan fingerprint density at radius 2 is 2.16 bits per heavy atom. The fourth-order valence-electron chi connectivity index (χ4n) is 1.72. The van der Waals surface area contributed by atoms with Gasteiger partial charge in [-0.2, -0.15) is 0 Å². The molecule has 0 atom stereocenters. The molecule has 2 aromatic rings. The van der Waals surface area contributed by atoms with Gasteiger partial charge in [0.05, 0.1) is 12.0 Å². The predicted octanol–water partition coefficient (Wildman–Crippen LogP) is 1.48. The van der Waals surface area contributed by atoms with Gasteiger partial charge in [0.15, 0.2) is 5.82 Å². The van der Waals surface area contributed by atoms with E-state index < -0.39 is 5.56 Å². The number of amidine groups is 1. The Balaban J connectivity index is 2.56. The summed E-state index contributed by atoms with van der Waals surface area (Å²) in [5.74, 6) is 0.238. The second-order valence-electron chi connectivity index (χ2n) is 3.86. The number of H-pyrrole nitrogens is 1. The van der Waals surface area contributed by atoms with Crippen LogP contribution in [0.25, 0.3) is 0 Å². The van der Waals surface area contributed by atoms with Gasteiger partial charge in [-0.15, -0.1) is 0 Å². The van der Waals surface area contributed by atoms with Crippen LogP contribution in [0.5, 0.6) is 0 Å². The summed E-state index contributed by atoms with van der Waals surface area (Å²) in [6.07, 6.45) is 1.27. The average Bonchev–Trinajstić information content (AvgIpc) is 2.41. The summed E-state index contributed by atoms with van der Waals surface area (Å²) in [6.45, 7) is 0. The van der Waals surface area contributed by atoms with Crippen molar-refractivity contribution in [3.8, 4) is 0 Å². The van der Waals surface area contributed by atoms with E-state index in [0.717, 1.165) is 0 Å². The molecule has 0 aliphatic rings. The summed E-state index contributed by atoms with van der Waals surface area (Å²) in [5.41, 5.74) is 6.31. The van der Waals surface area contributed by atoms with Crippen molar-refractivity contribution in [2.45, 2.75) is 0 Å². The number of nitrogens with two attached hydrogens (primary N) is 1. The van der Waals surface area contributed by atoms with E-state index in [0.29, 0.717) is 17.1 Å². The molecule has 4 N–H and O–H groups in total. The van der Waals surface area contributed by atoms with Gasteiger partial charge in [0.1, 0.15) is 10.9 Å². The highest BCUT2D eigenvalue weighted by atomic mass is 35.5. The molecule has 0 aliphatic carbocycles. The summed E-state index contributed by atoms with van der Waals surface area (Å²) >= 11 is 5.94. The Kier molecular flexibility index (Phi) is 3.52. The van der Waals surface area contributed by atoms with Gasteiger partial charge in [0.25, 0.3) is 5.56 Å². The Morgan fingerprint density at radius 1 is 1.47 bits per heavy atom. The van der Waals surface area contributed by atoms with Crippen molar-refractivity contribution < 1.29 is 0 Å². The summed E-state index contributed by atoms with van der Waals surface area (Å²) in [6, 6.07) is 7.07. The molecule has 2 rings (SSSR count). The lowest BCUT2D eigenvalue weighted by Gasteiger charge is -2.21. The molecule has 0 bridgehead atoms. The van der Waals surface area contributed by atoms with Crippen LogP contribution in [-0.4, -0.2) is 22.9 Å². The number of aromatic nitrogens is 2. The third kappa shape index (κ3) is 2.43. The fourth-order valence-corrected chi connectivity index (χ4v) is 1.95. The molecule has 1 aromatic carbocycles. The van der Waals surface area contributed by atoms with Crippen LogP contribution in [0.1, 0.15) is 5.56 Å². The molecule has 7 heteroatoms. The quantitative estimate of drug-likeness (QED) is 0.584. The highest BCUT2D eigenvalue weighted by Crippen LogP contribution is 2.28. The van der Waals surface area contributed by atoms with Gasteiger partial charge < -0.3 is 15.6 Å². The standard InChI is InChI=1S/C12H12ClN5O/c1-18(11-9(13)12(19)17-6-16-11)8-5-3-2-4-7(8)10(14)15/h2-6H,1H3,(H3,14,15)(H,16,17,19). The molecule has 0 spiro atoms. The third-order valence-electron chi connectivity index (χ3n) is 2.65. The molecule has 0 amide bonds. The van der Waals surface area contributed by atoms with Crippen molar-refractivity contribution in [1.82, 2.24) is 9.97 Å². The molecule has 1 aromatic heterocycles. The molecule has 1 heterocycles. The molecule has 0 aliphatic heterocycles. The van der Waals surface area contributed by atoms with Gasteiger partial charge in [-0.3, -0.25) is 10.2 Å². The van der Waals surface area contributed by atoms with Crippen molar-refractivity contribution in [3.63, 3.8) is 0 Å². The molecule has 0 unspecified atom stereocenters. The molecule has 0 fully saturated rings. The first-order chi connectivity index (χ1) is 9.02. The van der Waals surface area contributed by atoms with Crippen molar-refractivity contribution >= 4 is 28.9 Å².